The Kier molecular flexibility index (Phi) is 2.50. The smallest absolute Gasteiger partial charge is 0.0245 e. The molecule has 0 fully saturated rings. The van der Waals surface area contributed by atoms with Crippen molar-refractivity contribution in [1.29, 1.82) is 0 Å². The molecule has 1 aliphatic carbocycles. The predicted octanol–water partition coefficient (Wildman–Crippen LogP) is 4.41. The van der Waals surface area contributed by atoms with Gasteiger partial charge in [0.25, 0.3) is 0 Å². The summed E-state index contributed by atoms with van der Waals surface area (Å²) < 4.78 is 0. The Morgan fingerprint density at radius 1 is 1.07 bits per heavy atom. The maximum Gasteiger partial charge on any atom is 0.0245 e. The molecule has 15 heavy (non-hydrogen) atoms. The zero-order valence-electron chi connectivity index (χ0n) is 9.97. The SMILES string of the molecule is CC1(C)CC(Br)C(C)(C)c2ccccc21. The first-order chi connectivity index (χ1) is 6.86. The van der Waals surface area contributed by atoms with Gasteiger partial charge in [0.1, 0.15) is 0 Å². The van der Waals surface area contributed by atoms with Gasteiger partial charge in [-0.25, -0.2) is 0 Å². The quantitative estimate of drug-likeness (QED) is 0.611. The molecule has 0 radical (unpaired) electrons. The maximum atomic E-state index is 3.86. The monoisotopic (exact) mass is 266 g/mol. The van der Waals surface area contributed by atoms with Crippen LogP contribution in [0.15, 0.2) is 24.3 Å². The summed E-state index contributed by atoms with van der Waals surface area (Å²) in [5.41, 5.74) is 3.56. The summed E-state index contributed by atoms with van der Waals surface area (Å²) in [6, 6.07) is 8.88. The van der Waals surface area contributed by atoms with Crippen molar-refractivity contribution in [3.63, 3.8) is 0 Å². The number of hydrogen-bond donors (Lipinski definition) is 0. The van der Waals surface area contributed by atoms with Gasteiger partial charge >= 0.3 is 0 Å². The lowest BCUT2D eigenvalue weighted by atomic mass is 9.63. The van der Waals surface area contributed by atoms with E-state index in [0.717, 1.165) is 0 Å². The van der Waals surface area contributed by atoms with Crippen LogP contribution in [-0.4, -0.2) is 4.83 Å². The lowest BCUT2D eigenvalue weighted by Gasteiger charge is -2.45. The first-order valence-electron chi connectivity index (χ1n) is 5.60. The van der Waals surface area contributed by atoms with Crippen LogP contribution in [0.1, 0.15) is 45.2 Å². The van der Waals surface area contributed by atoms with E-state index < -0.39 is 0 Å². The molecule has 0 N–H and O–H groups in total. The first kappa shape index (κ1) is 11.2. The summed E-state index contributed by atoms with van der Waals surface area (Å²) >= 11 is 3.86. The minimum Gasteiger partial charge on any atom is -0.0881 e. The molecule has 0 aromatic heterocycles. The third-order valence-corrected chi connectivity index (χ3v) is 5.29. The Morgan fingerprint density at radius 2 is 1.60 bits per heavy atom. The molecule has 1 atom stereocenters. The summed E-state index contributed by atoms with van der Waals surface area (Å²) in [5.74, 6) is 0. The van der Waals surface area contributed by atoms with E-state index in [1.54, 1.807) is 0 Å². The Morgan fingerprint density at radius 3 is 2.20 bits per heavy atom. The lowest BCUT2D eigenvalue weighted by molar-refractivity contribution is 0.348. The minimum absolute atomic E-state index is 0.242. The number of halogens is 1. The van der Waals surface area contributed by atoms with E-state index in [2.05, 4.69) is 67.9 Å². The molecule has 0 aliphatic heterocycles. The highest BCUT2D eigenvalue weighted by Crippen LogP contribution is 2.48. The standard InChI is InChI=1S/C14H19Br/c1-13(2)9-12(15)14(3,4)11-8-6-5-7-10(11)13/h5-8,12H,9H2,1-4H3. The second-order valence-electron chi connectivity index (χ2n) is 5.82. The Balaban J connectivity index is 2.64. The van der Waals surface area contributed by atoms with E-state index in [-0.39, 0.29) is 5.41 Å². The molecule has 82 valence electrons. The molecule has 1 aliphatic rings. The number of alkyl halides is 1. The summed E-state index contributed by atoms with van der Waals surface area (Å²) in [5, 5.41) is 0. The molecule has 1 heteroatoms. The molecule has 0 spiro atoms. The molecular formula is C14H19Br. The topological polar surface area (TPSA) is 0 Å². The lowest BCUT2D eigenvalue weighted by Crippen LogP contribution is -2.42. The first-order valence-corrected chi connectivity index (χ1v) is 6.51. The van der Waals surface area contributed by atoms with Crippen molar-refractivity contribution in [2.24, 2.45) is 0 Å². The second-order valence-corrected chi connectivity index (χ2v) is 6.93. The van der Waals surface area contributed by atoms with Gasteiger partial charge in [0.2, 0.25) is 0 Å². The van der Waals surface area contributed by atoms with E-state index in [1.165, 1.54) is 17.5 Å². The normalized spacial score (nSPS) is 27.1. The van der Waals surface area contributed by atoms with Gasteiger partial charge in [-0.2, -0.15) is 0 Å². The van der Waals surface area contributed by atoms with Crippen LogP contribution < -0.4 is 0 Å². The predicted molar refractivity (Wildman–Crippen MR) is 69.8 cm³/mol. The van der Waals surface area contributed by atoms with Crippen molar-refractivity contribution < 1.29 is 0 Å². The third-order valence-electron chi connectivity index (χ3n) is 3.82. The number of hydrogen-bond acceptors (Lipinski definition) is 0. The van der Waals surface area contributed by atoms with E-state index in [9.17, 15) is 0 Å². The van der Waals surface area contributed by atoms with Gasteiger partial charge in [0.05, 0.1) is 0 Å². The molecular weight excluding hydrogens is 248 g/mol. The molecule has 2 rings (SSSR count). The van der Waals surface area contributed by atoms with Gasteiger partial charge in [0, 0.05) is 10.2 Å². The average Bonchev–Trinajstić information content (AvgIpc) is 2.15. The van der Waals surface area contributed by atoms with Gasteiger partial charge < -0.3 is 0 Å². The van der Waals surface area contributed by atoms with Crippen LogP contribution in [-0.2, 0) is 10.8 Å². The molecule has 0 amide bonds. The van der Waals surface area contributed by atoms with Crippen molar-refractivity contribution >= 4 is 15.9 Å². The summed E-state index contributed by atoms with van der Waals surface area (Å²) in [6.07, 6.45) is 1.21. The number of rotatable bonds is 0. The molecule has 0 nitrogen and oxygen atoms in total. The summed E-state index contributed by atoms with van der Waals surface area (Å²) in [4.78, 5) is 0.565. The van der Waals surface area contributed by atoms with Crippen molar-refractivity contribution in [1.82, 2.24) is 0 Å². The van der Waals surface area contributed by atoms with E-state index in [4.69, 9.17) is 0 Å². The highest BCUT2D eigenvalue weighted by Gasteiger charge is 2.42. The molecule has 0 bridgehead atoms. The second kappa shape index (κ2) is 3.35. The zero-order chi connectivity index (χ0) is 11.3. The van der Waals surface area contributed by atoms with Gasteiger partial charge in [-0.15, -0.1) is 0 Å². The van der Waals surface area contributed by atoms with Crippen LogP contribution in [0.5, 0.6) is 0 Å². The summed E-state index contributed by atoms with van der Waals surface area (Å²) in [7, 11) is 0. The van der Waals surface area contributed by atoms with E-state index in [0.29, 0.717) is 10.2 Å². The highest BCUT2D eigenvalue weighted by molar-refractivity contribution is 9.09. The number of benzene rings is 1. The molecule has 0 saturated carbocycles. The van der Waals surface area contributed by atoms with Crippen molar-refractivity contribution in [3.05, 3.63) is 35.4 Å². The number of fused-ring (bicyclic) bond motifs is 1. The van der Waals surface area contributed by atoms with E-state index in [1.807, 2.05) is 0 Å². The molecule has 1 aromatic rings. The van der Waals surface area contributed by atoms with Crippen LogP contribution in [0.4, 0.5) is 0 Å². The zero-order valence-corrected chi connectivity index (χ0v) is 11.6. The fraction of sp³-hybridized carbons (Fsp3) is 0.571. The Bertz CT molecular complexity index is 377. The van der Waals surface area contributed by atoms with Crippen LogP contribution >= 0.6 is 15.9 Å². The largest absolute Gasteiger partial charge is 0.0881 e. The van der Waals surface area contributed by atoms with Crippen molar-refractivity contribution in [2.45, 2.75) is 49.8 Å². The fourth-order valence-corrected chi connectivity index (χ4v) is 3.67. The summed E-state index contributed by atoms with van der Waals surface area (Å²) in [6.45, 7) is 9.35. The average molecular weight is 267 g/mol. The van der Waals surface area contributed by atoms with Crippen molar-refractivity contribution in [3.8, 4) is 0 Å². The van der Waals surface area contributed by atoms with Gasteiger partial charge in [0.15, 0.2) is 0 Å². The maximum absolute atomic E-state index is 3.86. The Hall–Kier alpha value is -0.300. The minimum atomic E-state index is 0.242. The van der Waals surface area contributed by atoms with Crippen LogP contribution in [0, 0.1) is 0 Å². The Labute approximate surface area is 101 Å². The van der Waals surface area contributed by atoms with Gasteiger partial charge in [-0.05, 0) is 23.0 Å². The van der Waals surface area contributed by atoms with Gasteiger partial charge in [-0.1, -0.05) is 67.9 Å². The molecule has 0 heterocycles. The molecule has 1 aromatic carbocycles. The van der Waals surface area contributed by atoms with Gasteiger partial charge in [-0.3, -0.25) is 0 Å². The van der Waals surface area contributed by atoms with Crippen LogP contribution in [0.2, 0.25) is 0 Å². The third kappa shape index (κ3) is 1.65. The van der Waals surface area contributed by atoms with Crippen molar-refractivity contribution in [2.75, 3.05) is 0 Å². The van der Waals surface area contributed by atoms with E-state index >= 15 is 0 Å². The molecule has 1 unspecified atom stereocenters. The van der Waals surface area contributed by atoms with Crippen LogP contribution in [0.3, 0.4) is 0 Å². The van der Waals surface area contributed by atoms with Crippen LogP contribution in [0.25, 0.3) is 0 Å². The highest BCUT2D eigenvalue weighted by atomic mass is 79.9. The molecule has 0 saturated heterocycles. The fourth-order valence-electron chi connectivity index (χ4n) is 2.62.